The van der Waals surface area contributed by atoms with E-state index in [2.05, 4.69) is 48.2 Å². The van der Waals surface area contributed by atoms with E-state index in [0.717, 1.165) is 31.0 Å². The molecule has 1 aromatic heterocycles. The Bertz CT molecular complexity index is 535. The largest absolute Gasteiger partial charge is 0.438 e. The van der Waals surface area contributed by atoms with Crippen molar-refractivity contribution in [2.45, 2.75) is 33.7 Å². The van der Waals surface area contributed by atoms with Gasteiger partial charge in [0.1, 0.15) is 5.75 Å². The van der Waals surface area contributed by atoms with Crippen molar-refractivity contribution in [2.24, 2.45) is 5.92 Å². The molecule has 2 rings (SSSR count). The molecule has 0 saturated heterocycles. The smallest absolute Gasteiger partial charge is 0.237 e. The van der Waals surface area contributed by atoms with Gasteiger partial charge in [-0.3, -0.25) is 4.98 Å². The summed E-state index contributed by atoms with van der Waals surface area (Å²) >= 11 is 0. The lowest BCUT2D eigenvalue weighted by Crippen LogP contribution is -2.19. The van der Waals surface area contributed by atoms with Crippen LogP contribution in [0.4, 0.5) is 0 Å². The molecule has 0 saturated carbocycles. The summed E-state index contributed by atoms with van der Waals surface area (Å²) in [6.07, 6.45) is 4.45. The summed E-state index contributed by atoms with van der Waals surface area (Å²) in [7, 11) is 0. The van der Waals surface area contributed by atoms with Crippen LogP contribution in [0.5, 0.6) is 11.6 Å². The van der Waals surface area contributed by atoms with Gasteiger partial charge in [0.05, 0.1) is 18.1 Å². The number of nitrogens with zero attached hydrogens (tertiary/aromatic N) is 2. The standard InChI is InChI=1S/C17H23N3O/c1-4-14-5-7-16(8-6-14)21-17-12-19-15(11-20-17)10-18-9-13(2)3/h5-8,11-13,18H,4,9-10H2,1-3H3. The van der Waals surface area contributed by atoms with Gasteiger partial charge in [-0.05, 0) is 36.6 Å². The molecular formula is C17H23N3O. The maximum Gasteiger partial charge on any atom is 0.237 e. The molecule has 0 radical (unpaired) electrons. The van der Waals surface area contributed by atoms with Crippen LogP contribution in [0.2, 0.25) is 0 Å². The van der Waals surface area contributed by atoms with Gasteiger partial charge in [0.2, 0.25) is 5.88 Å². The molecule has 0 atom stereocenters. The molecule has 4 nitrogen and oxygen atoms in total. The van der Waals surface area contributed by atoms with Gasteiger partial charge in [0.15, 0.2) is 0 Å². The molecule has 21 heavy (non-hydrogen) atoms. The molecular weight excluding hydrogens is 262 g/mol. The SMILES string of the molecule is CCc1ccc(Oc2cnc(CNCC(C)C)cn2)cc1. The average molecular weight is 285 g/mol. The first-order chi connectivity index (χ1) is 10.2. The van der Waals surface area contributed by atoms with Crippen LogP contribution >= 0.6 is 0 Å². The molecule has 0 unspecified atom stereocenters. The monoisotopic (exact) mass is 285 g/mol. The summed E-state index contributed by atoms with van der Waals surface area (Å²) < 4.78 is 5.68. The Hall–Kier alpha value is -1.94. The zero-order chi connectivity index (χ0) is 15.1. The maximum atomic E-state index is 5.68. The topological polar surface area (TPSA) is 47.0 Å². The second kappa shape index (κ2) is 7.74. The third-order valence-corrected chi connectivity index (χ3v) is 3.09. The van der Waals surface area contributed by atoms with Crippen LogP contribution in [0.1, 0.15) is 32.0 Å². The van der Waals surface area contributed by atoms with Crippen molar-refractivity contribution in [3.8, 4) is 11.6 Å². The average Bonchev–Trinajstić information content (AvgIpc) is 2.49. The highest BCUT2D eigenvalue weighted by molar-refractivity contribution is 5.29. The maximum absolute atomic E-state index is 5.68. The lowest BCUT2D eigenvalue weighted by Gasteiger charge is -2.08. The van der Waals surface area contributed by atoms with Crippen molar-refractivity contribution in [1.29, 1.82) is 0 Å². The Morgan fingerprint density at radius 2 is 1.86 bits per heavy atom. The van der Waals surface area contributed by atoms with Crippen molar-refractivity contribution in [3.63, 3.8) is 0 Å². The van der Waals surface area contributed by atoms with Gasteiger partial charge in [0, 0.05) is 6.54 Å². The van der Waals surface area contributed by atoms with Crippen molar-refractivity contribution >= 4 is 0 Å². The normalized spacial score (nSPS) is 10.9. The van der Waals surface area contributed by atoms with E-state index in [1.54, 1.807) is 12.4 Å². The second-order valence-corrected chi connectivity index (χ2v) is 5.47. The summed E-state index contributed by atoms with van der Waals surface area (Å²) in [4.78, 5) is 8.65. The quantitative estimate of drug-likeness (QED) is 0.844. The van der Waals surface area contributed by atoms with E-state index >= 15 is 0 Å². The van der Waals surface area contributed by atoms with E-state index in [-0.39, 0.29) is 0 Å². The number of rotatable bonds is 7. The fourth-order valence-corrected chi connectivity index (χ4v) is 1.89. The minimum atomic E-state index is 0.520. The number of nitrogens with one attached hydrogen (secondary N) is 1. The highest BCUT2D eigenvalue weighted by Gasteiger charge is 2.01. The summed E-state index contributed by atoms with van der Waals surface area (Å²) in [5.41, 5.74) is 2.21. The number of aromatic nitrogens is 2. The van der Waals surface area contributed by atoms with Gasteiger partial charge in [-0.1, -0.05) is 32.9 Å². The van der Waals surface area contributed by atoms with E-state index in [0.29, 0.717) is 11.8 Å². The summed E-state index contributed by atoms with van der Waals surface area (Å²) in [6.45, 7) is 8.20. The molecule has 0 spiro atoms. The minimum absolute atomic E-state index is 0.520. The summed E-state index contributed by atoms with van der Waals surface area (Å²) in [5, 5.41) is 3.34. The van der Waals surface area contributed by atoms with Crippen LogP contribution in [-0.2, 0) is 13.0 Å². The van der Waals surface area contributed by atoms with E-state index in [1.165, 1.54) is 5.56 Å². The van der Waals surface area contributed by atoms with E-state index < -0.39 is 0 Å². The Balaban J connectivity index is 1.89. The first-order valence-electron chi connectivity index (χ1n) is 7.45. The van der Waals surface area contributed by atoms with E-state index in [4.69, 9.17) is 4.74 Å². The van der Waals surface area contributed by atoms with E-state index in [1.807, 2.05) is 12.1 Å². The number of hydrogen-bond acceptors (Lipinski definition) is 4. The fraction of sp³-hybridized carbons (Fsp3) is 0.412. The van der Waals surface area contributed by atoms with Crippen molar-refractivity contribution in [2.75, 3.05) is 6.54 Å². The van der Waals surface area contributed by atoms with Gasteiger partial charge in [-0.2, -0.15) is 0 Å². The van der Waals surface area contributed by atoms with Crippen molar-refractivity contribution in [1.82, 2.24) is 15.3 Å². The number of benzene rings is 1. The van der Waals surface area contributed by atoms with Crippen LogP contribution in [-0.4, -0.2) is 16.5 Å². The molecule has 0 aliphatic heterocycles. The Labute approximate surface area is 126 Å². The predicted molar refractivity (Wildman–Crippen MR) is 84.5 cm³/mol. The lowest BCUT2D eigenvalue weighted by atomic mass is 10.2. The molecule has 1 aromatic carbocycles. The van der Waals surface area contributed by atoms with Crippen LogP contribution in [0.25, 0.3) is 0 Å². The molecule has 0 bridgehead atoms. The van der Waals surface area contributed by atoms with Crippen LogP contribution in [0.15, 0.2) is 36.7 Å². The molecule has 112 valence electrons. The van der Waals surface area contributed by atoms with E-state index in [9.17, 15) is 0 Å². The minimum Gasteiger partial charge on any atom is -0.438 e. The predicted octanol–water partition coefficient (Wildman–Crippen LogP) is 3.58. The first-order valence-corrected chi connectivity index (χ1v) is 7.45. The van der Waals surface area contributed by atoms with Gasteiger partial charge >= 0.3 is 0 Å². The molecule has 0 fully saturated rings. The molecule has 0 aliphatic rings. The summed E-state index contributed by atoms with van der Waals surface area (Å²) in [5.74, 6) is 1.94. The second-order valence-electron chi connectivity index (χ2n) is 5.47. The van der Waals surface area contributed by atoms with Crippen LogP contribution < -0.4 is 10.1 Å². The zero-order valence-corrected chi connectivity index (χ0v) is 13.0. The zero-order valence-electron chi connectivity index (χ0n) is 13.0. The number of ether oxygens (including phenoxy) is 1. The van der Waals surface area contributed by atoms with Crippen molar-refractivity contribution < 1.29 is 4.74 Å². The third-order valence-electron chi connectivity index (χ3n) is 3.09. The number of aryl methyl sites for hydroxylation is 1. The van der Waals surface area contributed by atoms with Gasteiger partial charge in [-0.15, -0.1) is 0 Å². The third kappa shape index (κ3) is 5.16. The van der Waals surface area contributed by atoms with Crippen LogP contribution in [0.3, 0.4) is 0 Å². The highest BCUT2D eigenvalue weighted by Crippen LogP contribution is 2.19. The fourth-order valence-electron chi connectivity index (χ4n) is 1.89. The van der Waals surface area contributed by atoms with Crippen molar-refractivity contribution in [3.05, 3.63) is 47.9 Å². The summed E-state index contributed by atoms with van der Waals surface area (Å²) in [6, 6.07) is 8.04. The lowest BCUT2D eigenvalue weighted by molar-refractivity contribution is 0.458. The molecule has 4 heteroatoms. The van der Waals surface area contributed by atoms with Gasteiger partial charge in [-0.25, -0.2) is 4.98 Å². The number of hydrogen-bond donors (Lipinski definition) is 1. The Kier molecular flexibility index (Phi) is 5.69. The molecule has 0 aliphatic carbocycles. The van der Waals surface area contributed by atoms with Gasteiger partial charge < -0.3 is 10.1 Å². The molecule has 1 N–H and O–H groups in total. The Morgan fingerprint density at radius 3 is 2.43 bits per heavy atom. The van der Waals surface area contributed by atoms with Gasteiger partial charge in [0.25, 0.3) is 0 Å². The molecule has 2 aromatic rings. The first kappa shape index (κ1) is 15.4. The molecule has 1 heterocycles. The van der Waals surface area contributed by atoms with Crippen LogP contribution in [0, 0.1) is 5.92 Å². The highest BCUT2D eigenvalue weighted by atomic mass is 16.5. The molecule has 0 amide bonds. The Morgan fingerprint density at radius 1 is 1.10 bits per heavy atom.